The zero-order valence-corrected chi connectivity index (χ0v) is 13.4. The first-order valence-electron chi connectivity index (χ1n) is 7.96. The molecule has 3 unspecified atom stereocenters. The highest BCUT2D eigenvalue weighted by atomic mass is 32.1. The Hall–Kier alpha value is -0.910. The van der Waals surface area contributed by atoms with E-state index in [4.69, 9.17) is 4.74 Å². The second-order valence-electron chi connectivity index (χ2n) is 6.02. The van der Waals surface area contributed by atoms with Crippen molar-refractivity contribution in [3.8, 4) is 0 Å². The lowest BCUT2D eigenvalue weighted by Crippen LogP contribution is -2.32. The van der Waals surface area contributed by atoms with Crippen molar-refractivity contribution in [2.45, 2.75) is 44.8 Å². The van der Waals surface area contributed by atoms with E-state index in [1.165, 1.54) is 5.56 Å². The first-order chi connectivity index (χ1) is 10.3. The number of thiophene rings is 1. The highest BCUT2D eigenvalue weighted by Gasteiger charge is 2.39. The average Bonchev–Trinajstić information content (AvgIpc) is 3.20. The number of carbonyl (C=O) groups excluding carboxylic acids is 1. The van der Waals surface area contributed by atoms with E-state index in [1.807, 2.05) is 4.90 Å². The zero-order chi connectivity index (χ0) is 14.7. The first-order valence-corrected chi connectivity index (χ1v) is 8.90. The van der Waals surface area contributed by atoms with Gasteiger partial charge in [-0.15, -0.1) is 0 Å². The van der Waals surface area contributed by atoms with Crippen molar-refractivity contribution in [3.63, 3.8) is 0 Å². The maximum absolute atomic E-state index is 12.6. The van der Waals surface area contributed by atoms with Gasteiger partial charge in [-0.2, -0.15) is 11.3 Å². The van der Waals surface area contributed by atoms with Crippen LogP contribution in [0.5, 0.6) is 0 Å². The topological polar surface area (TPSA) is 41.6 Å². The Morgan fingerprint density at radius 3 is 3.05 bits per heavy atom. The molecule has 0 spiro atoms. The molecule has 3 rings (SSSR count). The van der Waals surface area contributed by atoms with Crippen LogP contribution in [-0.4, -0.2) is 36.6 Å². The average molecular weight is 308 g/mol. The van der Waals surface area contributed by atoms with Gasteiger partial charge in [0.15, 0.2) is 0 Å². The Bertz CT molecular complexity index is 457. The van der Waals surface area contributed by atoms with Crippen molar-refractivity contribution >= 4 is 17.2 Å². The van der Waals surface area contributed by atoms with Crippen LogP contribution < -0.4 is 5.32 Å². The Morgan fingerprint density at radius 1 is 1.48 bits per heavy atom. The van der Waals surface area contributed by atoms with Crippen molar-refractivity contribution in [1.82, 2.24) is 10.2 Å². The van der Waals surface area contributed by atoms with Crippen LogP contribution in [-0.2, 0) is 9.53 Å². The lowest BCUT2D eigenvalue weighted by molar-refractivity contribution is -0.130. The van der Waals surface area contributed by atoms with E-state index in [0.717, 1.165) is 45.4 Å². The second-order valence-corrected chi connectivity index (χ2v) is 6.80. The summed E-state index contributed by atoms with van der Waals surface area (Å²) in [5.41, 5.74) is 1.22. The summed E-state index contributed by atoms with van der Waals surface area (Å²) < 4.78 is 5.44. The van der Waals surface area contributed by atoms with Crippen molar-refractivity contribution in [2.75, 3.05) is 19.8 Å². The number of nitrogens with zero attached hydrogens (tertiary/aromatic N) is 1. The molecule has 4 nitrogen and oxygen atoms in total. The van der Waals surface area contributed by atoms with Crippen LogP contribution in [0, 0.1) is 5.92 Å². The second kappa shape index (κ2) is 6.90. The number of hydrogen-bond acceptors (Lipinski definition) is 4. The van der Waals surface area contributed by atoms with Gasteiger partial charge in [0, 0.05) is 19.8 Å². The van der Waals surface area contributed by atoms with Gasteiger partial charge < -0.3 is 9.64 Å². The fourth-order valence-corrected chi connectivity index (χ4v) is 3.93. The summed E-state index contributed by atoms with van der Waals surface area (Å²) >= 11 is 1.69. The normalized spacial score (nSPS) is 29.5. The predicted molar refractivity (Wildman–Crippen MR) is 84.1 cm³/mol. The quantitative estimate of drug-likeness (QED) is 0.878. The third kappa shape index (κ3) is 3.30. The largest absolute Gasteiger partial charge is 0.381 e. The molecule has 1 N–H and O–H groups in total. The summed E-state index contributed by atoms with van der Waals surface area (Å²) in [5, 5.41) is 7.75. The summed E-state index contributed by atoms with van der Waals surface area (Å²) in [5.74, 6) is 0.887. The molecule has 1 aromatic heterocycles. The van der Waals surface area contributed by atoms with E-state index in [2.05, 4.69) is 29.1 Å². The van der Waals surface area contributed by atoms with Crippen molar-refractivity contribution in [3.05, 3.63) is 22.4 Å². The Labute approximate surface area is 130 Å². The molecule has 21 heavy (non-hydrogen) atoms. The number of nitrogens with one attached hydrogen (secondary N) is 1. The molecule has 3 atom stereocenters. The number of ether oxygens (including phenoxy) is 1. The van der Waals surface area contributed by atoms with Crippen molar-refractivity contribution in [2.24, 2.45) is 5.92 Å². The maximum atomic E-state index is 12.6. The van der Waals surface area contributed by atoms with Gasteiger partial charge in [-0.05, 0) is 47.6 Å². The van der Waals surface area contributed by atoms with Crippen LogP contribution in [0.1, 0.15) is 44.3 Å². The zero-order valence-electron chi connectivity index (χ0n) is 12.6. The van der Waals surface area contributed by atoms with E-state index in [0.29, 0.717) is 5.92 Å². The fraction of sp³-hybridized carbons (Fsp3) is 0.688. The van der Waals surface area contributed by atoms with E-state index in [-0.39, 0.29) is 18.1 Å². The lowest BCUT2D eigenvalue weighted by atomic mass is 10.0. The van der Waals surface area contributed by atoms with Gasteiger partial charge in [0.1, 0.15) is 6.17 Å². The molecule has 0 saturated carbocycles. The molecule has 1 amide bonds. The highest BCUT2D eigenvalue weighted by Crippen LogP contribution is 2.29. The van der Waals surface area contributed by atoms with Crippen LogP contribution >= 0.6 is 11.3 Å². The molecule has 2 aliphatic rings. The van der Waals surface area contributed by atoms with Gasteiger partial charge in [0.2, 0.25) is 5.91 Å². The maximum Gasteiger partial charge on any atom is 0.241 e. The van der Waals surface area contributed by atoms with Gasteiger partial charge in [-0.1, -0.05) is 13.3 Å². The molecule has 2 fully saturated rings. The summed E-state index contributed by atoms with van der Waals surface area (Å²) in [6.45, 7) is 4.70. The van der Waals surface area contributed by atoms with Crippen LogP contribution in [0.4, 0.5) is 0 Å². The molecule has 1 aromatic rings. The Balaban J connectivity index is 1.68. The van der Waals surface area contributed by atoms with E-state index < -0.39 is 0 Å². The molecule has 5 heteroatoms. The molecule has 3 heterocycles. The van der Waals surface area contributed by atoms with Gasteiger partial charge >= 0.3 is 0 Å². The lowest BCUT2D eigenvalue weighted by Gasteiger charge is -2.24. The molecular weight excluding hydrogens is 284 g/mol. The molecule has 116 valence electrons. The number of hydrogen-bond donors (Lipinski definition) is 1. The smallest absolute Gasteiger partial charge is 0.241 e. The molecule has 0 aliphatic carbocycles. The first kappa shape index (κ1) is 15.0. The van der Waals surface area contributed by atoms with Gasteiger partial charge in [0.25, 0.3) is 0 Å². The summed E-state index contributed by atoms with van der Waals surface area (Å²) in [4.78, 5) is 14.7. The van der Waals surface area contributed by atoms with E-state index in [1.54, 1.807) is 11.3 Å². The molecule has 2 aliphatic heterocycles. The van der Waals surface area contributed by atoms with Crippen LogP contribution in [0.15, 0.2) is 16.8 Å². The molecule has 0 radical (unpaired) electrons. The van der Waals surface area contributed by atoms with Gasteiger partial charge in [-0.25, -0.2) is 0 Å². The summed E-state index contributed by atoms with van der Waals surface area (Å²) in [7, 11) is 0. The Morgan fingerprint density at radius 2 is 2.38 bits per heavy atom. The predicted octanol–water partition coefficient (Wildman–Crippen LogP) is 2.77. The standard InChI is InChI=1S/C16H24N2O2S/c1-2-3-14-16(19)18(7-4-12-5-8-20-10-12)15(17-14)13-6-9-21-11-13/h6,9,11-12,14-15,17H,2-5,7-8,10H2,1H3. The van der Waals surface area contributed by atoms with Crippen molar-refractivity contribution in [1.29, 1.82) is 0 Å². The molecule has 0 bridgehead atoms. The molecule has 0 aromatic carbocycles. The Kier molecular flexibility index (Phi) is 4.93. The highest BCUT2D eigenvalue weighted by molar-refractivity contribution is 7.07. The monoisotopic (exact) mass is 308 g/mol. The van der Waals surface area contributed by atoms with Gasteiger partial charge in [-0.3, -0.25) is 10.1 Å². The SMILES string of the molecule is CCCC1NC(c2ccsc2)N(CCC2CCOC2)C1=O. The van der Waals surface area contributed by atoms with Crippen LogP contribution in [0.3, 0.4) is 0 Å². The number of carbonyl (C=O) groups is 1. The minimum absolute atomic E-state index is 0.0141. The fourth-order valence-electron chi connectivity index (χ4n) is 3.25. The third-order valence-electron chi connectivity index (χ3n) is 4.49. The van der Waals surface area contributed by atoms with Crippen LogP contribution in [0.2, 0.25) is 0 Å². The van der Waals surface area contributed by atoms with E-state index in [9.17, 15) is 4.79 Å². The third-order valence-corrected chi connectivity index (χ3v) is 5.19. The summed E-state index contributed by atoms with van der Waals surface area (Å²) in [6, 6.07) is 2.11. The summed E-state index contributed by atoms with van der Waals surface area (Å²) in [6.07, 6.45) is 4.19. The number of rotatable bonds is 6. The van der Waals surface area contributed by atoms with Gasteiger partial charge in [0.05, 0.1) is 6.04 Å². The molecular formula is C16H24N2O2S. The minimum Gasteiger partial charge on any atom is -0.381 e. The van der Waals surface area contributed by atoms with Crippen molar-refractivity contribution < 1.29 is 9.53 Å². The molecule has 2 saturated heterocycles. The minimum atomic E-state index is -0.0141. The number of amides is 1. The van der Waals surface area contributed by atoms with Crippen LogP contribution in [0.25, 0.3) is 0 Å². The van der Waals surface area contributed by atoms with E-state index >= 15 is 0 Å².